The van der Waals surface area contributed by atoms with Gasteiger partial charge in [-0.15, -0.1) is 0 Å². The maximum Gasteiger partial charge on any atom is 0.228 e. The molecule has 2 unspecified atom stereocenters. The van der Waals surface area contributed by atoms with Crippen molar-refractivity contribution >= 4 is 34.8 Å². The molecule has 2 atom stereocenters. The number of hydrogen-bond acceptors (Lipinski definition) is 2. The summed E-state index contributed by atoms with van der Waals surface area (Å²) in [6.45, 7) is 2.36. The van der Waals surface area contributed by atoms with Crippen LogP contribution in [-0.4, -0.2) is 12.5 Å². The van der Waals surface area contributed by atoms with Crippen LogP contribution in [0.2, 0.25) is 10.0 Å². The highest BCUT2D eigenvalue weighted by Gasteiger charge is 2.45. The highest BCUT2D eigenvalue weighted by atomic mass is 35.5. The standard InChI is InChI=1S/C18H17Cl2NO2/c1-2-23-17-15(20)8-5-9-16(17)21-18(22)13-10-12(13)11-6-3-4-7-14(11)19/h3-9,12-13H,2,10H2,1H3,(H,21,22). The molecular weight excluding hydrogens is 333 g/mol. The predicted molar refractivity (Wildman–Crippen MR) is 93.6 cm³/mol. The molecule has 0 spiro atoms. The maximum absolute atomic E-state index is 12.5. The monoisotopic (exact) mass is 349 g/mol. The van der Waals surface area contributed by atoms with E-state index in [1.807, 2.05) is 31.2 Å². The molecule has 1 aliphatic rings. The molecule has 0 radical (unpaired) electrons. The molecule has 0 saturated heterocycles. The van der Waals surface area contributed by atoms with Crippen LogP contribution in [0.1, 0.15) is 24.8 Å². The molecule has 3 rings (SSSR count). The molecule has 1 aliphatic carbocycles. The van der Waals surface area contributed by atoms with Crippen LogP contribution in [0.5, 0.6) is 5.75 Å². The fourth-order valence-electron chi connectivity index (χ4n) is 2.73. The Labute approximate surface area is 145 Å². The summed E-state index contributed by atoms with van der Waals surface area (Å²) in [5.41, 5.74) is 1.64. The van der Waals surface area contributed by atoms with Gasteiger partial charge in [-0.25, -0.2) is 0 Å². The van der Waals surface area contributed by atoms with Crippen molar-refractivity contribution in [2.75, 3.05) is 11.9 Å². The number of halogens is 2. The van der Waals surface area contributed by atoms with Gasteiger partial charge in [0.15, 0.2) is 5.75 Å². The normalized spacial score (nSPS) is 19.3. The van der Waals surface area contributed by atoms with Gasteiger partial charge in [0.2, 0.25) is 5.91 Å². The van der Waals surface area contributed by atoms with Crippen molar-refractivity contribution < 1.29 is 9.53 Å². The number of rotatable bonds is 5. The smallest absolute Gasteiger partial charge is 0.228 e. The molecule has 120 valence electrons. The number of hydrogen-bond donors (Lipinski definition) is 1. The molecule has 1 saturated carbocycles. The second-order valence-corrected chi connectivity index (χ2v) is 6.32. The summed E-state index contributed by atoms with van der Waals surface area (Å²) in [6.07, 6.45) is 0.806. The van der Waals surface area contributed by atoms with Crippen molar-refractivity contribution in [2.24, 2.45) is 5.92 Å². The topological polar surface area (TPSA) is 38.3 Å². The molecule has 0 aromatic heterocycles. The Hall–Kier alpha value is -1.71. The Kier molecular flexibility index (Phi) is 4.79. The lowest BCUT2D eigenvalue weighted by atomic mass is 10.1. The molecule has 2 aromatic rings. The van der Waals surface area contributed by atoms with E-state index in [-0.39, 0.29) is 17.7 Å². The number of carbonyl (C=O) groups is 1. The van der Waals surface area contributed by atoms with Gasteiger partial charge in [-0.2, -0.15) is 0 Å². The molecular formula is C18H17Cl2NO2. The Balaban J connectivity index is 1.72. The lowest BCUT2D eigenvalue weighted by molar-refractivity contribution is -0.117. The number of nitrogens with one attached hydrogen (secondary N) is 1. The average molecular weight is 350 g/mol. The Morgan fingerprint density at radius 1 is 1.17 bits per heavy atom. The summed E-state index contributed by atoms with van der Waals surface area (Å²) in [5.74, 6) is 0.597. The van der Waals surface area contributed by atoms with Crippen LogP contribution >= 0.6 is 23.2 Å². The van der Waals surface area contributed by atoms with Gasteiger partial charge in [0.05, 0.1) is 17.3 Å². The molecule has 2 aromatic carbocycles. The van der Waals surface area contributed by atoms with E-state index in [0.29, 0.717) is 28.1 Å². The van der Waals surface area contributed by atoms with Gasteiger partial charge in [0.25, 0.3) is 0 Å². The van der Waals surface area contributed by atoms with E-state index in [1.54, 1.807) is 18.2 Å². The van der Waals surface area contributed by atoms with Gasteiger partial charge in [0.1, 0.15) is 0 Å². The average Bonchev–Trinajstić information content (AvgIpc) is 3.32. The van der Waals surface area contributed by atoms with Gasteiger partial charge < -0.3 is 10.1 Å². The predicted octanol–water partition coefficient (Wildman–Crippen LogP) is 5.13. The fourth-order valence-corrected chi connectivity index (χ4v) is 3.23. The van der Waals surface area contributed by atoms with Crippen LogP contribution in [0.25, 0.3) is 0 Å². The minimum absolute atomic E-state index is 0.0295. The van der Waals surface area contributed by atoms with Crippen LogP contribution in [-0.2, 0) is 4.79 Å². The van der Waals surface area contributed by atoms with Crippen molar-refractivity contribution in [1.82, 2.24) is 0 Å². The quantitative estimate of drug-likeness (QED) is 0.811. The Morgan fingerprint density at radius 2 is 1.91 bits per heavy atom. The molecule has 5 heteroatoms. The summed E-state index contributed by atoms with van der Waals surface area (Å²) >= 11 is 12.3. The summed E-state index contributed by atoms with van der Waals surface area (Å²) < 4.78 is 5.53. The first kappa shape index (κ1) is 16.2. The summed E-state index contributed by atoms with van der Waals surface area (Å²) in [6, 6.07) is 13.0. The van der Waals surface area contributed by atoms with Crippen molar-refractivity contribution in [2.45, 2.75) is 19.3 Å². The highest BCUT2D eigenvalue weighted by molar-refractivity contribution is 6.32. The molecule has 1 amide bonds. The zero-order chi connectivity index (χ0) is 16.4. The molecule has 23 heavy (non-hydrogen) atoms. The largest absolute Gasteiger partial charge is 0.490 e. The molecule has 3 nitrogen and oxygen atoms in total. The third-order valence-corrected chi connectivity index (χ3v) is 4.59. The number of para-hydroxylation sites is 1. The highest BCUT2D eigenvalue weighted by Crippen LogP contribution is 2.50. The van der Waals surface area contributed by atoms with Crippen LogP contribution in [0.3, 0.4) is 0 Å². The van der Waals surface area contributed by atoms with E-state index in [9.17, 15) is 4.79 Å². The van der Waals surface area contributed by atoms with Gasteiger partial charge in [-0.05, 0) is 43.0 Å². The van der Waals surface area contributed by atoms with Crippen molar-refractivity contribution in [3.8, 4) is 5.75 Å². The van der Waals surface area contributed by atoms with Crippen LogP contribution in [0.4, 0.5) is 5.69 Å². The van der Waals surface area contributed by atoms with E-state index < -0.39 is 0 Å². The Bertz CT molecular complexity index is 733. The first-order valence-electron chi connectivity index (χ1n) is 7.58. The molecule has 1 N–H and O–H groups in total. The van der Waals surface area contributed by atoms with E-state index in [1.165, 1.54) is 0 Å². The molecule has 0 heterocycles. The summed E-state index contributed by atoms with van der Waals surface area (Å²) in [5, 5.41) is 4.13. The zero-order valence-electron chi connectivity index (χ0n) is 12.7. The van der Waals surface area contributed by atoms with Gasteiger partial charge >= 0.3 is 0 Å². The summed E-state index contributed by atoms with van der Waals surface area (Å²) in [7, 11) is 0. The summed E-state index contributed by atoms with van der Waals surface area (Å²) in [4.78, 5) is 12.5. The fraction of sp³-hybridized carbons (Fsp3) is 0.278. The molecule has 1 fully saturated rings. The van der Waals surface area contributed by atoms with Crippen molar-refractivity contribution in [3.05, 3.63) is 58.1 Å². The van der Waals surface area contributed by atoms with Crippen LogP contribution < -0.4 is 10.1 Å². The second kappa shape index (κ2) is 6.81. The first-order chi connectivity index (χ1) is 11.1. The molecule has 0 aliphatic heterocycles. The minimum Gasteiger partial charge on any atom is -0.490 e. The van der Waals surface area contributed by atoms with E-state index >= 15 is 0 Å². The van der Waals surface area contributed by atoms with Crippen molar-refractivity contribution in [3.63, 3.8) is 0 Å². The third-order valence-electron chi connectivity index (χ3n) is 3.95. The SMILES string of the molecule is CCOc1c(Cl)cccc1NC(=O)C1CC1c1ccccc1Cl. The van der Waals surface area contributed by atoms with Crippen molar-refractivity contribution in [1.29, 1.82) is 0 Å². The van der Waals surface area contributed by atoms with Crippen LogP contribution in [0.15, 0.2) is 42.5 Å². The maximum atomic E-state index is 12.5. The lowest BCUT2D eigenvalue weighted by Gasteiger charge is -2.13. The van der Waals surface area contributed by atoms with Gasteiger partial charge in [0, 0.05) is 10.9 Å². The van der Waals surface area contributed by atoms with Gasteiger partial charge in [-0.1, -0.05) is 47.5 Å². The zero-order valence-corrected chi connectivity index (χ0v) is 14.2. The second-order valence-electron chi connectivity index (χ2n) is 5.51. The van der Waals surface area contributed by atoms with Crippen LogP contribution in [0, 0.1) is 5.92 Å². The molecule has 0 bridgehead atoms. The number of anilines is 1. The lowest BCUT2D eigenvalue weighted by Crippen LogP contribution is -2.15. The van der Waals surface area contributed by atoms with E-state index in [0.717, 1.165) is 12.0 Å². The number of carbonyl (C=O) groups excluding carboxylic acids is 1. The number of benzene rings is 2. The van der Waals surface area contributed by atoms with E-state index in [2.05, 4.69) is 5.32 Å². The van der Waals surface area contributed by atoms with Gasteiger partial charge in [-0.3, -0.25) is 4.79 Å². The number of ether oxygens (including phenoxy) is 1. The Morgan fingerprint density at radius 3 is 2.65 bits per heavy atom. The first-order valence-corrected chi connectivity index (χ1v) is 8.34. The van der Waals surface area contributed by atoms with E-state index in [4.69, 9.17) is 27.9 Å². The third kappa shape index (κ3) is 3.46. The minimum atomic E-state index is -0.0663. The number of amides is 1.